The lowest BCUT2D eigenvalue weighted by molar-refractivity contribution is 0.263. The van der Waals surface area contributed by atoms with Gasteiger partial charge in [0.25, 0.3) is 0 Å². The summed E-state index contributed by atoms with van der Waals surface area (Å²) >= 11 is 5.97. The summed E-state index contributed by atoms with van der Waals surface area (Å²) < 4.78 is 0. The van der Waals surface area contributed by atoms with Crippen molar-refractivity contribution in [2.45, 2.75) is 33.1 Å². The van der Waals surface area contributed by atoms with Crippen LogP contribution in [-0.2, 0) is 5.88 Å². The second-order valence-electron chi connectivity index (χ2n) is 5.92. The van der Waals surface area contributed by atoms with Crippen LogP contribution < -0.4 is 4.90 Å². The molecule has 1 saturated heterocycles. The largest absolute Gasteiger partial charge is 0.356 e. The third-order valence-electron chi connectivity index (χ3n) is 3.72. The first-order chi connectivity index (χ1) is 8.02. The van der Waals surface area contributed by atoms with E-state index in [1.807, 2.05) is 12.3 Å². The molecule has 1 atom stereocenters. The van der Waals surface area contributed by atoms with Crippen LogP contribution in [-0.4, -0.2) is 18.1 Å². The standard InChI is InChI=1S/C14H21ClN2/c1-14(2,3)12-6-8-17(10-12)13-11(9-15)5-4-7-16-13/h4-5,7,12H,6,8-10H2,1-3H3. The zero-order valence-electron chi connectivity index (χ0n) is 10.9. The van der Waals surface area contributed by atoms with E-state index in [1.165, 1.54) is 6.42 Å². The Balaban J connectivity index is 2.15. The highest BCUT2D eigenvalue weighted by molar-refractivity contribution is 6.17. The Hall–Kier alpha value is -0.760. The van der Waals surface area contributed by atoms with Gasteiger partial charge in [-0.25, -0.2) is 4.98 Å². The Morgan fingerprint density at radius 3 is 2.82 bits per heavy atom. The molecule has 17 heavy (non-hydrogen) atoms. The van der Waals surface area contributed by atoms with Crippen molar-refractivity contribution < 1.29 is 0 Å². The first-order valence-corrected chi connectivity index (χ1v) is 6.80. The van der Waals surface area contributed by atoms with E-state index in [1.54, 1.807) is 0 Å². The van der Waals surface area contributed by atoms with Gasteiger partial charge in [0.05, 0.1) is 5.88 Å². The van der Waals surface area contributed by atoms with Gasteiger partial charge in [-0.1, -0.05) is 26.8 Å². The Bertz CT molecular complexity index is 384. The molecule has 1 unspecified atom stereocenters. The highest BCUT2D eigenvalue weighted by Gasteiger charge is 2.32. The summed E-state index contributed by atoms with van der Waals surface area (Å²) in [6, 6.07) is 4.03. The molecule has 2 heterocycles. The van der Waals surface area contributed by atoms with Crippen LogP contribution in [0.25, 0.3) is 0 Å². The maximum Gasteiger partial charge on any atom is 0.132 e. The average Bonchev–Trinajstić information content (AvgIpc) is 2.77. The third kappa shape index (κ3) is 2.74. The second-order valence-corrected chi connectivity index (χ2v) is 6.18. The van der Waals surface area contributed by atoms with Gasteiger partial charge in [0.15, 0.2) is 0 Å². The van der Waals surface area contributed by atoms with Crippen molar-refractivity contribution in [3.05, 3.63) is 23.9 Å². The molecule has 0 aliphatic carbocycles. The fourth-order valence-corrected chi connectivity index (χ4v) is 2.69. The molecule has 1 aliphatic rings. The van der Waals surface area contributed by atoms with Crippen molar-refractivity contribution in [2.24, 2.45) is 11.3 Å². The van der Waals surface area contributed by atoms with E-state index < -0.39 is 0 Å². The second kappa shape index (κ2) is 4.85. The molecule has 0 amide bonds. The van der Waals surface area contributed by atoms with E-state index in [9.17, 15) is 0 Å². The number of hydrogen-bond donors (Lipinski definition) is 0. The summed E-state index contributed by atoms with van der Waals surface area (Å²) in [5.41, 5.74) is 1.52. The van der Waals surface area contributed by atoms with E-state index in [4.69, 9.17) is 11.6 Å². The number of alkyl halides is 1. The van der Waals surface area contributed by atoms with E-state index in [-0.39, 0.29) is 0 Å². The Kier molecular flexibility index (Phi) is 3.62. The average molecular weight is 253 g/mol. The molecule has 1 aromatic heterocycles. The van der Waals surface area contributed by atoms with Gasteiger partial charge in [-0.05, 0) is 23.8 Å². The number of nitrogens with zero attached hydrogens (tertiary/aromatic N) is 2. The zero-order valence-corrected chi connectivity index (χ0v) is 11.7. The summed E-state index contributed by atoms with van der Waals surface area (Å²) in [5, 5.41) is 0. The Labute approximate surface area is 109 Å². The van der Waals surface area contributed by atoms with Crippen molar-refractivity contribution in [1.82, 2.24) is 4.98 Å². The van der Waals surface area contributed by atoms with E-state index in [2.05, 4.69) is 36.7 Å². The van der Waals surface area contributed by atoms with Crippen molar-refractivity contribution in [3.63, 3.8) is 0 Å². The predicted octanol–water partition coefficient (Wildman–Crippen LogP) is 3.69. The number of rotatable bonds is 2. The van der Waals surface area contributed by atoms with Gasteiger partial charge < -0.3 is 4.90 Å². The maximum absolute atomic E-state index is 5.97. The van der Waals surface area contributed by atoms with Gasteiger partial charge in [0.2, 0.25) is 0 Å². The first kappa shape index (κ1) is 12.7. The molecular formula is C14H21ClN2. The SMILES string of the molecule is CC(C)(C)C1CCN(c2ncccc2CCl)C1. The first-order valence-electron chi connectivity index (χ1n) is 6.27. The molecule has 0 N–H and O–H groups in total. The molecule has 3 heteroatoms. The molecule has 1 aromatic rings. The summed E-state index contributed by atoms with van der Waals surface area (Å²) in [4.78, 5) is 6.87. The summed E-state index contributed by atoms with van der Waals surface area (Å²) in [6.45, 7) is 9.17. The monoisotopic (exact) mass is 252 g/mol. The van der Waals surface area contributed by atoms with E-state index >= 15 is 0 Å². The minimum absolute atomic E-state index is 0.380. The molecule has 0 bridgehead atoms. The van der Waals surface area contributed by atoms with Crippen molar-refractivity contribution in [1.29, 1.82) is 0 Å². The molecule has 94 valence electrons. The number of halogens is 1. The van der Waals surface area contributed by atoms with Crippen LogP contribution in [0.4, 0.5) is 5.82 Å². The lowest BCUT2D eigenvalue weighted by Crippen LogP contribution is -2.26. The third-order valence-corrected chi connectivity index (χ3v) is 4.01. The fraction of sp³-hybridized carbons (Fsp3) is 0.643. The van der Waals surface area contributed by atoms with E-state index in [0.29, 0.717) is 11.3 Å². The normalized spacial score (nSPS) is 20.9. The smallest absolute Gasteiger partial charge is 0.132 e. The van der Waals surface area contributed by atoms with Gasteiger partial charge >= 0.3 is 0 Å². The lowest BCUT2D eigenvalue weighted by Gasteiger charge is -2.27. The van der Waals surface area contributed by atoms with Crippen LogP contribution in [0.2, 0.25) is 0 Å². The lowest BCUT2D eigenvalue weighted by atomic mass is 9.80. The van der Waals surface area contributed by atoms with Crippen LogP contribution in [0.3, 0.4) is 0 Å². The van der Waals surface area contributed by atoms with Crippen LogP contribution in [0.1, 0.15) is 32.8 Å². The van der Waals surface area contributed by atoms with Crippen molar-refractivity contribution in [3.8, 4) is 0 Å². The fourth-order valence-electron chi connectivity index (χ4n) is 2.48. The maximum atomic E-state index is 5.97. The molecule has 0 saturated carbocycles. The highest BCUT2D eigenvalue weighted by Crippen LogP contribution is 2.35. The molecular weight excluding hydrogens is 232 g/mol. The van der Waals surface area contributed by atoms with Gasteiger partial charge in [-0.2, -0.15) is 0 Å². The zero-order chi connectivity index (χ0) is 12.5. The van der Waals surface area contributed by atoms with Crippen molar-refractivity contribution in [2.75, 3.05) is 18.0 Å². The predicted molar refractivity (Wildman–Crippen MR) is 73.6 cm³/mol. The van der Waals surface area contributed by atoms with Crippen LogP contribution >= 0.6 is 11.6 Å². The minimum atomic E-state index is 0.380. The number of aromatic nitrogens is 1. The summed E-state index contributed by atoms with van der Waals surface area (Å²) in [7, 11) is 0. The number of anilines is 1. The van der Waals surface area contributed by atoms with Gasteiger partial charge in [-0.15, -0.1) is 11.6 Å². The van der Waals surface area contributed by atoms with Crippen LogP contribution in [0.5, 0.6) is 0 Å². The number of pyridine rings is 1. The Morgan fingerprint density at radius 1 is 1.47 bits per heavy atom. The molecule has 0 spiro atoms. The summed E-state index contributed by atoms with van der Waals surface area (Å²) in [6.07, 6.45) is 3.11. The van der Waals surface area contributed by atoms with Crippen LogP contribution in [0.15, 0.2) is 18.3 Å². The number of hydrogen-bond acceptors (Lipinski definition) is 2. The summed E-state index contributed by atoms with van der Waals surface area (Å²) in [5.74, 6) is 2.36. The molecule has 0 aromatic carbocycles. The Morgan fingerprint density at radius 2 is 2.24 bits per heavy atom. The molecule has 2 nitrogen and oxygen atoms in total. The molecule has 1 aliphatic heterocycles. The quantitative estimate of drug-likeness (QED) is 0.747. The molecule has 0 radical (unpaired) electrons. The van der Waals surface area contributed by atoms with Crippen molar-refractivity contribution >= 4 is 17.4 Å². The highest BCUT2D eigenvalue weighted by atomic mass is 35.5. The molecule has 2 rings (SSSR count). The van der Waals surface area contributed by atoms with E-state index in [0.717, 1.165) is 30.4 Å². The van der Waals surface area contributed by atoms with Gasteiger partial charge in [0, 0.05) is 24.8 Å². The minimum Gasteiger partial charge on any atom is -0.356 e. The van der Waals surface area contributed by atoms with Crippen LogP contribution in [0, 0.1) is 11.3 Å². The van der Waals surface area contributed by atoms with Gasteiger partial charge in [0.1, 0.15) is 5.82 Å². The topological polar surface area (TPSA) is 16.1 Å². The molecule has 1 fully saturated rings. The van der Waals surface area contributed by atoms with Gasteiger partial charge in [-0.3, -0.25) is 0 Å².